The molecule has 0 aromatic heterocycles. The molecule has 0 radical (unpaired) electrons. The van der Waals surface area contributed by atoms with Crippen molar-refractivity contribution < 1.29 is 15.3 Å². The smallest absolute Gasteiger partial charge is 0.157 e. The summed E-state index contributed by atoms with van der Waals surface area (Å²) in [5.41, 5.74) is 0.911. The highest BCUT2D eigenvalue weighted by Gasteiger charge is 2.04. The van der Waals surface area contributed by atoms with Crippen LogP contribution in [0.25, 0.3) is 0 Å². The van der Waals surface area contributed by atoms with E-state index in [-0.39, 0.29) is 24.3 Å². The molecule has 0 heterocycles. The highest BCUT2D eigenvalue weighted by molar-refractivity contribution is 5.40. The van der Waals surface area contributed by atoms with Gasteiger partial charge in [0.2, 0.25) is 0 Å². The first-order valence-corrected chi connectivity index (χ1v) is 4.48. The Morgan fingerprint density at radius 3 is 2.57 bits per heavy atom. The zero-order valence-corrected chi connectivity index (χ0v) is 8.07. The summed E-state index contributed by atoms with van der Waals surface area (Å²) in [6.07, 6.45) is 0.689. The quantitative estimate of drug-likeness (QED) is 0.420. The number of aliphatic hydroxyl groups is 1. The van der Waals surface area contributed by atoms with Crippen molar-refractivity contribution in [3.63, 3.8) is 0 Å². The minimum absolute atomic E-state index is 0.0643. The second kappa shape index (κ2) is 4.83. The van der Waals surface area contributed by atoms with Gasteiger partial charge in [0, 0.05) is 6.04 Å². The predicted octanol–water partition coefficient (Wildman–Crippen LogP) is 0.568. The molecule has 0 aliphatic heterocycles. The Balaban J connectivity index is 2.63. The van der Waals surface area contributed by atoms with Gasteiger partial charge in [0.15, 0.2) is 11.5 Å². The van der Waals surface area contributed by atoms with Gasteiger partial charge in [-0.25, -0.2) is 0 Å². The molecule has 0 saturated heterocycles. The van der Waals surface area contributed by atoms with Crippen LogP contribution in [0.1, 0.15) is 12.5 Å². The predicted molar refractivity (Wildman–Crippen MR) is 53.2 cm³/mol. The number of hydrogen-bond acceptors (Lipinski definition) is 4. The van der Waals surface area contributed by atoms with Crippen molar-refractivity contribution in [1.29, 1.82) is 0 Å². The average Bonchev–Trinajstić information content (AvgIpc) is 2.12. The van der Waals surface area contributed by atoms with E-state index in [9.17, 15) is 5.11 Å². The molecule has 1 unspecified atom stereocenters. The summed E-state index contributed by atoms with van der Waals surface area (Å²) < 4.78 is 0. The van der Waals surface area contributed by atoms with Crippen molar-refractivity contribution >= 4 is 0 Å². The van der Waals surface area contributed by atoms with E-state index in [1.54, 1.807) is 6.07 Å². The van der Waals surface area contributed by atoms with E-state index >= 15 is 0 Å². The van der Waals surface area contributed by atoms with Gasteiger partial charge in [-0.05, 0) is 31.0 Å². The van der Waals surface area contributed by atoms with E-state index in [2.05, 4.69) is 5.32 Å². The standard InChI is InChI=1S/C10H15NO3/c1-7(11-6-12)4-8-2-3-9(13)10(14)5-8/h2-3,5,7,11-14H,4,6H2,1H3. The molecule has 0 spiro atoms. The first-order chi connectivity index (χ1) is 6.63. The number of phenols is 2. The van der Waals surface area contributed by atoms with Gasteiger partial charge in [-0.1, -0.05) is 6.07 Å². The molecule has 0 aliphatic carbocycles. The van der Waals surface area contributed by atoms with Gasteiger partial charge in [0.05, 0.1) is 6.73 Å². The molecule has 78 valence electrons. The molecule has 1 rings (SSSR count). The number of benzene rings is 1. The maximum Gasteiger partial charge on any atom is 0.157 e. The molecule has 4 nitrogen and oxygen atoms in total. The van der Waals surface area contributed by atoms with Crippen molar-refractivity contribution in [3.05, 3.63) is 23.8 Å². The Hall–Kier alpha value is -1.26. The van der Waals surface area contributed by atoms with Crippen LogP contribution in [-0.2, 0) is 6.42 Å². The lowest BCUT2D eigenvalue weighted by Gasteiger charge is -2.11. The molecule has 0 fully saturated rings. The van der Waals surface area contributed by atoms with E-state index in [1.165, 1.54) is 12.1 Å². The Kier molecular flexibility index (Phi) is 3.73. The lowest BCUT2D eigenvalue weighted by Crippen LogP contribution is -2.28. The van der Waals surface area contributed by atoms with Gasteiger partial charge in [0.25, 0.3) is 0 Å². The van der Waals surface area contributed by atoms with Gasteiger partial charge in [-0.15, -0.1) is 0 Å². The van der Waals surface area contributed by atoms with Crippen molar-refractivity contribution in [2.24, 2.45) is 0 Å². The average molecular weight is 197 g/mol. The van der Waals surface area contributed by atoms with Crippen LogP contribution in [0.5, 0.6) is 11.5 Å². The molecule has 0 bridgehead atoms. The minimum atomic E-state index is -0.114. The summed E-state index contributed by atoms with van der Waals surface area (Å²) in [6.45, 7) is 1.87. The first kappa shape index (κ1) is 10.8. The molecule has 1 aromatic rings. The number of rotatable bonds is 4. The summed E-state index contributed by atoms with van der Waals surface area (Å²) in [5.74, 6) is -0.227. The fourth-order valence-corrected chi connectivity index (χ4v) is 1.28. The molecule has 14 heavy (non-hydrogen) atoms. The molecular weight excluding hydrogens is 182 g/mol. The fraction of sp³-hybridized carbons (Fsp3) is 0.400. The molecule has 1 aromatic carbocycles. The molecular formula is C10H15NO3. The third-order valence-electron chi connectivity index (χ3n) is 2.02. The maximum atomic E-state index is 9.22. The van der Waals surface area contributed by atoms with Crippen LogP contribution in [-0.4, -0.2) is 28.1 Å². The topological polar surface area (TPSA) is 72.7 Å². The number of aliphatic hydroxyl groups excluding tert-OH is 1. The van der Waals surface area contributed by atoms with E-state index in [1.807, 2.05) is 6.92 Å². The molecule has 1 atom stereocenters. The van der Waals surface area contributed by atoms with E-state index in [0.29, 0.717) is 6.42 Å². The van der Waals surface area contributed by atoms with Crippen molar-refractivity contribution in [2.75, 3.05) is 6.73 Å². The van der Waals surface area contributed by atoms with Crippen LogP contribution in [0, 0.1) is 0 Å². The third-order valence-corrected chi connectivity index (χ3v) is 2.02. The summed E-state index contributed by atoms with van der Waals surface area (Å²) in [5, 5.41) is 29.8. The van der Waals surface area contributed by atoms with Gasteiger partial charge in [0.1, 0.15) is 0 Å². The van der Waals surface area contributed by atoms with Crippen molar-refractivity contribution in [2.45, 2.75) is 19.4 Å². The highest BCUT2D eigenvalue weighted by atomic mass is 16.3. The molecule has 0 saturated carbocycles. The van der Waals surface area contributed by atoms with Crippen molar-refractivity contribution in [3.8, 4) is 11.5 Å². The fourth-order valence-electron chi connectivity index (χ4n) is 1.28. The van der Waals surface area contributed by atoms with Crippen molar-refractivity contribution in [1.82, 2.24) is 5.32 Å². The molecule has 0 amide bonds. The summed E-state index contributed by atoms with van der Waals surface area (Å²) >= 11 is 0. The molecule has 4 N–H and O–H groups in total. The zero-order chi connectivity index (χ0) is 10.6. The largest absolute Gasteiger partial charge is 0.504 e. The Labute approximate surface area is 82.8 Å². The number of hydrogen-bond donors (Lipinski definition) is 4. The first-order valence-electron chi connectivity index (χ1n) is 4.48. The lowest BCUT2D eigenvalue weighted by molar-refractivity contribution is 0.244. The van der Waals surface area contributed by atoms with Crippen LogP contribution in [0.4, 0.5) is 0 Å². The Morgan fingerprint density at radius 2 is 2.00 bits per heavy atom. The van der Waals surface area contributed by atoms with E-state index < -0.39 is 0 Å². The van der Waals surface area contributed by atoms with Crippen LogP contribution in [0.2, 0.25) is 0 Å². The molecule has 0 aliphatic rings. The van der Waals surface area contributed by atoms with Gasteiger partial charge < -0.3 is 15.3 Å². The van der Waals surface area contributed by atoms with E-state index in [4.69, 9.17) is 10.2 Å². The summed E-state index contributed by atoms with van der Waals surface area (Å²) in [7, 11) is 0. The maximum absolute atomic E-state index is 9.22. The lowest BCUT2D eigenvalue weighted by atomic mass is 10.1. The van der Waals surface area contributed by atoms with Gasteiger partial charge in [-0.3, -0.25) is 5.32 Å². The van der Waals surface area contributed by atoms with Crippen LogP contribution in [0.3, 0.4) is 0 Å². The number of nitrogens with one attached hydrogen (secondary N) is 1. The zero-order valence-electron chi connectivity index (χ0n) is 8.07. The van der Waals surface area contributed by atoms with E-state index in [0.717, 1.165) is 5.56 Å². The van der Waals surface area contributed by atoms with Gasteiger partial charge >= 0.3 is 0 Å². The van der Waals surface area contributed by atoms with Crippen LogP contribution >= 0.6 is 0 Å². The number of phenolic OH excluding ortho intramolecular Hbond substituents is 2. The Morgan fingerprint density at radius 1 is 1.29 bits per heavy atom. The second-order valence-corrected chi connectivity index (χ2v) is 3.29. The van der Waals surface area contributed by atoms with Crippen LogP contribution < -0.4 is 5.32 Å². The Bertz CT molecular complexity index is 301. The molecule has 4 heteroatoms. The second-order valence-electron chi connectivity index (χ2n) is 3.29. The van der Waals surface area contributed by atoms with Crippen LogP contribution in [0.15, 0.2) is 18.2 Å². The third kappa shape index (κ3) is 2.90. The van der Waals surface area contributed by atoms with Gasteiger partial charge in [-0.2, -0.15) is 0 Å². The summed E-state index contributed by atoms with van der Waals surface area (Å²) in [4.78, 5) is 0. The SMILES string of the molecule is CC(Cc1ccc(O)c(O)c1)NCO. The normalized spacial score (nSPS) is 12.7. The summed E-state index contributed by atoms with van der Waals surface area (Å²) in [6, 6.07) is 4.84. The minimum Gasteiger partial charge on any atom is -0.504 e. The monoisotopic (exact) mass is 197 g/mol. The number of aromatic hydroxyl groups is 2. The highest BCUT2D eigenvalue weighted by Crippen LogP contribution is 2.25.